The number of H-pyrrole nitrogens is 1. The van der Waals surface area contributed by atoms with Gasteiger partial charge >= 0.3 is 0 Å². The third-order valence-corrected chi connectivity index (χ3v) is 2.68. The summed E-state index contributed by atoms with van der Waals surface area (Å²) in [5.74, 6) is 0.508. The molecule has 0 unspecified atom stereocenters. The van der Waals surface area contributed by atoms with Crippen LogP contribution in [0.3, 0.4) is 0 Å². The lowest BCUT2D eigenvalue weighted by atomic mass is 10.1. The third-order valence-electron chi connectivity index (χ3n) is 2.68. The molecular formula is C13H16N2O. The molecule has 0 saturated heterocycles. The lowest BCUT2D eigenvalue weighted by molar-refractivity contribution is 0.0930. The van der Waals surface area contributed by atoms with Crippen LogP contribution in [-0.2, 0) is 0 Å². The molecule has 1 heterocycles. The zero-order valence-electron chi connectivity index (χ0n) is 10.1. The highest BCUT2D eigenvalue weighted by Crippen LogP contribution is 2.19. The maximum atomic E-state index is 11.8. The monoisotopic (exact) mass is 216 g/mol. The van der Waals surface area contributed by atoms with Crippen LogP contribution in [0, 0.1) is 19.8 Å². The second-order valence-electron chi connectivity index (χ2n) is 4.58. The quantitative estimate of drug-likeness (QED) is 0.784. The molecule has 3 nitrogen and oxygen atoms in total. The van der Waals surface area contributed by atoms with Crippen molar-refractivity contribution in [3.05, 3.63) is 29.1 Å². The van der Waals surface area contributed by atoms with E-state index in [-0.39, 0.29) is 11.7 Å². The number of hydrogen-bond acceptors (Lipinski definition) is 2. The van der Waals surface area contributed by atoms with Crippen LogP contribution in [0.1, 0.15) is 35.6 Å². The van der Waals surface area contributed by atoms with Gasteiger partial charge in [-0.1, -0.05) is 19.9 Å². The number of imidazole rings is 1. The first-order valence-electron chi connectivity index (χ1n) is 5.50. The lowest BCUT2D eigenvalue weighted by Gasteiger charge is -1.97. The number of carbonyl (C=O) groups excluding carboxylic acids is 1. The molecule has 1 aromatic carbocycles. The van der Waals surface area contributed by atoms with Crippen LogP contribution >= 0.6 is 0 Å². The summed E-state index contributed by atoms with van der Waals surface area (Å²) in [7, 11) is 0. The van der Waals surface area contributed by atoms with Crippen molar-refractivity contribution in [3.63, 3.8) is 0 Å². The fourth-order valence-corrected chi connectivity index (χ4v) is 1.86. The van der Waals surface area contributed by atoms with Gasteiger partial charge in [-0.05, 0) is 31.0 Å². The normalized spacial score (nSPS) is 11.3. The molecular weight excluding hydrogens is 200 g/mol. The Hall–Kier alpha value is -1.64. The van der Waals surface area contributed by atoms with Crippen molar-refractivity contribution >= 4 is 16.8 Å². The molecule has 0 aliphatic heterocycles. The molecule has 84 valence electrons. The minimum absolute atomic E-state index is 0.0260. The number of Topliss-reactive ketones (excluding diaryl/α,β-unsaturated/α-hetero) is 1. The van der Waals surface area contributed by atoms with E-state index < -0.39 is 0 Å². The molecule has 2 rings (SSSR count). The Morgan fingerprint density at radius 2 is 2.00 bits per heavy atom. The minimum atomic E-state index is -0.0260. The Kier molecular flexibility index (Phi) is 2.54. The average molecular weight is 216 g/mol. The van der Waals surface area contributed by atoms with E-state index in [1.807, 2.05) is 33.8 Å². The average Bonchev–Trinajstić information content (AvgIpc) is 2.60. The fraction of sp³-hybridized carbons (Fsp3) is 0.385. The number of rotatable bonds is 2. The van der Waals surface area contributed by atoms with E-state index in [0.29, 0.717) is 5.82 Å². The first-order chi connectivity index (χ1) is 7.49. The molecule has 0 amide bonds. The summed E-state index contributed by atoms with van der Waals surface area (Å²) in [5, 5.41) is 0. The van der Waals surface area contributed by atoms with Gasteiger partial charge in [0, 0.05) is 5.92 Å². The van der Waals surface area contributed by atoms with Gasteiger partial charge in [-0.25, -0.2) is 4.98 Å². The highest BCUT2D eigenvalue weighted by atomic mass is 16.1. The van der Waals surface area contributed by atoms with E-state index in [1.165, 1.54) is 5.56 Å². The van der Waals surface area contributed by atoms with Crippen LogP contribution in [0.2, 0.25) is 0 Å². The van der Waals surface area contributed by atoms with Crippen molar-refractivity contribution in [1.82, 2.24) is 9.97 Å². The molecule has 16 heavy (non-hydrogen) atoms. The highest BCUT2D eigenvalue weighted by Gasteiger charge is 2.15. The van der Waals surface area contributed by atoms with Gasteiger partial charge < -0.3 is 4.98 Å². The van der Waals surface area contributed by atoms with E-state index in [0.717, 1.165) is 16.6 Å². The maximum Gasteiger partial charge on any atom is 0.200 e. The summed E-state index contributed by atoms with van der Waals surface area (Å²) in [4.78, 5) is 19.3. The molecule has 0 aliphatic rings. The number of ketones is 1. The van der Waals surface area contributed by atoms with Gasteiger partial charge in [-0.15, -0.1) is 0 Å². The number of fused-ring (bicyclic) bond motifs is 1. The number of benzene rings is 1. The molecule has 0 bridgehead atoms. The van der Waals surface area contributed by atoms with Crippen molar-refractivity contribution < 1.29 is 4.79 Å². The predicted octanol–water partition coefficient (Wildman–Crippen LogP) is 3.02. The summed E-state index contributed by atoms with van der Waals surface area (Å²) in [5.41, 5.74) is 4.13. The van der Waals surface area contributed by atoms with Gasteiger partial charge in [-0.3, -0.25) is 4.79 Å². The molecule has 0 radical (unpaired) electrons. The Morgan fingerprint density at radius 3 is 2.62 bits per heavy atom. The Labute approximate surface area is 94.9 Å². The first kappa shape index (κ1) is 10.9. The van der Waals surface area contributed by atoms with Gasteiger partial charge in [0.05, 0.1) is 11.0 Å². The van der Waals surface area contributed by atoms with Gasteiger partial charge in [0.15, 0.2) is 5.82 Å². The fourth-order valence-electron chi connectivity index (χ4n) is 1.86. The topological polar surface area (TPSA) is 45.8 Å². The smallest absolute Gasteiger partial charge is 0.200 e. The van der Waals surface area contributed by atoms with Gasteiger partial charge in [0.2, 0.25) is 5.78 Å². The van der Waals surface area contributed by atoms with Crippen LogP contribution < -0.4 is 0 Å². The molecule has 0 spiro atoms. The number of aromatic nitrogens is 2. The van der Waals surface area contributed by atoms with Crippen LogP contribution in [-0.4, -0.2) is 15.8 Å². The van der Waals surface area contributed by atoms with E-state index in [1.54, 1.807) is 0 Å². The standard InChI is InChI=1S/C13H16N2O/c1-7(2)12(16)13-14-10-6-8(3)5-9(4)11(10)15-13/h5-7H,1-4H3,(H,14,15). The maximum absolute atomic E-state index is 11.8. The van der Waals surface area contributed by atoms with Crippen molar-refractivity contribution in [2.45, 2.75) is 27.7 Å². The van der Waals surface area contributed by atoms with Gasteiger partial charge in [0.1, 0.15) is 0 Å². The zero-order valence-corrected chi connectivity index (χ0v) is 10.1. The highest BCUT2D eigenvalue weighted by molar-refractivity contribution is 5.97. The Morgan fingerprint density at radius 1 is 1.31 bits per heavy atom. The van der Waals surface area contributed by atoms with Crippen LogP contribution in [0.15, 0.2) is 12.1 Å². The summed E-state index contributed by atoms with van der Waals surface area (Å²) in [6, 6.07) is 4.10. The molecule has 3 heteroatoms. The zero-order chi connectivity index (χ0) is 11.9. The lowest BCUT2D eigenvalue weighted by Crippen LogP contribution is -2.09. The van der Waals surface area contributed by atoms with E-state index in [2.05, 4.69) is 16.0 Å². The van der Waals surface area contributed by atoms with Crippen LogP contribution in [0.5, 0.6) is 0 Å². The van der Waals surface area contributed by atoms with Gasteiger partial charge in [-0.2, -0.15) is 0 Å². The summed E-state index contributed by atoms with van der Waals surface area (Å²) in [6.45, 7) is 7.82. The predicted molar refractivity (Wildman–Crippen MR) is 64.7 cm³/mol. The molecule has 0 fully saturated rings. The largest absolute Gasteiger partial charge is 0.335 e. The second-order valence-corrected chi connectivity index (χ2v) is 4.58. The Bertz CT molecular complexity index is 552. The SMILES string of the molecule is Cc1cc(C)c2nc(C(=O)C(C)C)[nH]c2c1. The molecule has 1 N–H and O–H groups in total. The van der Waals surface area contributed by atoms with Crippen LogP contribution in [0.25, 0.3) is 11.0 Å². The number of hydrogen-bond donors (Lipinski definition) is 1. The van der Waals surface area contributed by atoms with Crippen molar-refractivity contribution in [2.24, 2.45) is 5.92 Å². The summed E-state index contributed by atoms with van der Waals surface area (Å²) < 4.78 is 0. The summed E-state index contributed by atoms with van der Waals surface area (Å²) >= 11 is 0. The van der Waals surface area contributed by atoms with Crippen molar-refractivity contribution in [2.75, 3.05) is 0 Å². The Balaban J connectivity index is 2.60. The molecule has 0 saturated carbocycles. The molecule has 0 aliphatic carbocycles. The van der Waals surface area contributed by atoms with Crippen molar-refractivity contribution in [1.29, 1.82) is 0 Å². The van der Waals surface area contributed by atoms with E-state index >= 15 is 0 Å². The minimum Gasteiger partial charge on any atom is -0.335 e. The van der Waals surface area contributed by atoms with Gasteiger partial charge in [0.25, 0.3) is 0 Å². The van der Waals surface area contributed by atoms with Crippen molar-refractivity contribution in [3.8, 4) is 0 Å². The molecule has 0 atom stereocenters. The third kappa shape index (κ3) is 1.73. The molecule has 2 aromatic rings. The van der Waals surface area contributed by atoms with Crippen LogP contribution in [0.4, 0.5) is 0 Å². The number of aryl methyl sites for hydroxylation is 2. The first-order valence-corrected chi connectivity index (χ1v) is 5.50. The second kappa shape index (κ2) is 3.74. The number of nitrogens with one attached hydrogen (secondary N) is 1. The number of nitrogens with zero attached hydrogens (tertiary/aromatic N) is 1. The molecule has 1 aromatic heterocycles. The number of aromatic amines is 1. The summed E-state index contributed by atoms with van der Waals surface area (Å²) in [6.07, 6.45) is 0. The number of carbonyl (C=O) groups is 1. The van der Waals surface area contributed by atoms with E-state index in [4.69, 9.17) is 0 Å². The van der Waals surface area contributed by atoms with E-state index in [9.17, 15) is 4.79 Å².